The summed E-state index contributed by atoms with van der Waals surface area (Å²) in [5.41, 5.74) is 0.0761. The van der Waals surface area contributed by atoms with Gasteiger partial charge in [0.2, 0.25) is 5.95 Å². The van der Waals surface area contributed by atoms with Gasteiger partial charge in [-0.2, -0.15) is 4.98 Å². The number of nitrogens with zero attached hydrogens (tertiary/aromatic N) is 3. The molecule has 0 aliphatic heterocycles. The van der Waals surface area contributed by atoms with Crippen LogP contribution in [0.1, 0.15) is 33.6 Å². The van der Waals surface area contributed by atoms with Gasteiger partial charge in [-0.1, -0.05) is 13.3 Å². The fourth-order valence-corrected chi connectivity index (χ4v) is 1.67. The van der Waals surface area contributed by atoms with Crippen LogP contribution in [0, 0.1) is 0 Å². The average molecular weight is 222 g/mol. The highest BCUT2D eigenvalue weighted by Crippen LogP contribution is 2.18. The molecule has 0 aliphatic rings. The van der Waals surface area contributed by atoms with Gasteiger partial charge in [0.05, 0.1) is 0 Å². The third kappa shape index (κ3) is 3.68. The fraction of sp³-hybridized carbons (Fsp3) is 0.667. The lowest BCUT2D eigenvalue weighted by molar-refractivity contribution is 0.509. The van der Waals surface area contributed by atoms with Gasteiger partial charge in [0, 0.05) is 25.8 Å². The van der Waals surface area contributed by atoms with E-state index in [4.69, 9.17) is 0 Å². The Hall–Kier alpha value is -1.32. The topological polar surface area (TPSA) is 41.1 Å². The van der Waals surface area contributed by atoms with E-state index in [1.807, 2.05) is 25.1 Å². The first-order valence-electron chi connectivity index (χ1n) is 5.73. The third-order valence-corrected chi connectivity index (χ3v) is 2.38. The summed E-state index contributed by atoms with van der Waals surface area (Å²) in [4.78, 5) is 10.5. The number of hydrogen-bond donors (Lipinski definition) is 1. The van der Waals surface area contributed by atoms with E-state index in [0.29, 0.717) is 0 Å². The highest BCUT2D eigenvalue weighted by Gasteiger charge is 2.16. The summed E-state index contributed by atoms with van der Waals surface area (Å²) in [6.45, 7) is 6.57. The third-order valence-electron chi connectivity index (χ3n) is 2.38. The van der Waals surface area contributed by atoms with Crippen LogP contribution in [0.5, 0.6) is 0 Å². The molecular weight excluding hydrogens is 200 g/mol. The molecule has 0 saturated heterocycles. The zero-order chi connectivity index (χ0) is 12.2. The lowest BCUT2D eigenvalue weighted by atomic mass is 9.99. The smallest absolute Gasteiger partial charge is 0.226 e. The molecule has 1 aromatic heterocycles. The highest BCUT2D eigenvalue weighted by atomic mass is 15.2. The predicted octanol–water partition coefficient (Wildman–Crippen LogP) is 2.53. The standard InChI is InChI=1S/C12H22N4/c1-6-8-12(2,3)15-10-7-9-13-11(14-10)16(4)5/h7,9H,6,8H2,1-5H3,(H,13,14,15). The van der Waals surface area contributed by atoms with Crippen molar-refractivity contribution in [3.05, 3.63) is 12.3 Å². The normalized spacial score (nSPS) is 11.3. The Morgan fingerprint density at radius 1 is 1.38 bits per heavy atom. The van der Waals surface area contributed by atoms with E-state index in [0.717, 1.165) is 24.6 Å². The molecule has 1 aromatic rings. The molecule has 0 aromatic carbocycles. The van der Waals surface area contributed by atoms with Gasteiger partial charge in [0.1, 0.15) is 5.82 Å². The summed E-state index contributed by atoms with van der Waals surface area (Å²) in [5, 5.41) is 3.44. The molecule has 0 amide bonds. The number of rotatable bonds is 5. The van der Waals surface area contributed by atoms with Gasteiger partial charge >= 0.3 is 0 Å². The Morgan fingerprint density at radius 3 is 2.62 bits per heavy atom. The van der Waals surface area contributed by atoms with Gasteiger partial charge in [0.25, 0.3) is 0 Å². The molecule has 4 nitrogen and oxygen atoms in total. The van der Waals surface area contributed by atoms with Crippen LogP contribution in [-0.2, 0) is 0 Å². The van der Waals surface area contributed by atoms with Crippen LogP contribution in [0.3, 0.4) is 0 Å². The van der Waals surface area contributed by atoms with Crippen LogP contribution < -0.4 is 10.2 Å². The summed E-state index contributed by atoms with van der Waals surface area (Å²) in [6.07, 6.45) is 4.06. The van der Waals surface area contributed by atoms with Crippen LogP contribution in [0.2, 0.25) is 0 Å². The van der Waals surface area contributed by atoms with Crippen LogP contribution in [-0.4, -0.2) is 29.6 Å². The van der Waals surface area contributed by atoms with Crippen molar-refractivity contribution in [3.63, 3.8) is 0 Å². The Labute approximate surface area is 98.1 Å². The second kappa shape index (κ2) is 5.14. The minimum absolute atomic E-state index is 0.0761. The van der Waals surface area contributed by atoms with Crippen molar-refractivity contribution in [2.24, 2.45) is 0 Å². The van der Waals surface area contributed by atoms with E-state index in [1.165, 1.54) is 0 Å². The molecule has 0 aliphatic carbocycles. The van der Waals surface area contributed by atoms with Gasteiger partial charge in [-0.15, -0.1) is 0 Å². The zero-order valence-electron chi connectivity index (χ0n) is 10.9. The highest BCUT2D eigenvalue weighted by molar-refractivity contribution is 5.42. The molecule has 0 saturated carbocycles. The molecule has 90 valence electrons. The predicted molar refractivity (Wildman–Crippen MR) is 69.0 cm³/mol. The Bertz CT molecular complexity index is 334. The van der Waals surface area contributed by atoms with E-state index in [2.05, 4.69) is 36.1 Å². The summed E-state index contributed by atoms with van der Waals surface area (Å²) in [6, 6.07) is 1.91. The van der Waals surface area contributed by atoms with Crippen molar-refractivity contribution in [1.82, 2.24) is 9.97 Å². The van der Waals surface area contributed by atoms with E-state index >= 15 is 0 Å². The number of hydrogen-bond acceptors (Lipinski definition) is 4. The second-order valence-corrected chi connectivity index (χ2v) is 4.90. The van der Waals surface area contributed by atoms with E-state index in [1.54, 1.807) is 6.20 Å². The van der Waals surface area contributed by atoms with Gasteiger partial charge in [-0.3, -0.25) is 0 Å². The Balaban J connectivity index is 2.77. The van der Waals surface area contributed by atoms with Crippen LogP contribution in [0.25, 0.3) is 0 Å². The lowest BCUT2D eigenvalue weighted by Gasteiger charge is -2.26. The van der Waals surface area contributed by atoms with Crippen LogP contribution >= 0.6 is 0 Å². The lowest BCUT2D eigenvalue weighted by Crippen LogP contribution is -2.31. The molecule has 16 heavy (non-hydrogen) atoms. The first-order valence-corrected chi connectivity index (χ1v) is 5.73. The average Bonchev–Trinajstić information content (AvgIpc) is 2.17. The first kappa shape index (κ1) is 12.7. The number of nitrogens with one attached hydrogen (secondary N) is 1. The SMILES string of the molecule is CCCC(C)(C)Nc1ccnc(N(C)C)n1. The van der Waals surface area contributed by atoms with E-state index in [9.17, 15) is 0 Å². The van der Waals surface area contributed by atoms with Crippen molar-refractivity contribution < 1.29 is 0 Å². The van der Waals surface area contributed by atoms with E-state index < -0.39 is 0 Å². The van der Waals surface area contributed by atoms with Gasteiger partial charge < -0.3 is 10.2 Å². The van der Waals surface area contributed by atoms with E-state index in [-0.39, 0.29) is 5.54 Å². The maximum Gasteiger partial charge on any atom is 0.226 e. The first-order chi connectivity index (χ1) is 7.44. The van der Waals surface area contributed by atoms with Gasteiger partial charge in [-0.25, -0.2) is 4.98 Å². The maximum absolute atomic E-state index is 4.44. The molecule has 1 rings (SSSR count). The monoisotopic (exact) mass is 222 g/mol. The Kier molecular flexibility index (Phi) is 4.10. The largest absolute Gasteiger partial charge is 0.365 e. The summed E-state index contributed by atoms with van der Waals surface area (Å²) in [7, 11) is 3.88. The second-order valence-electron chi connectivity index (χ2n) is 4.90. The quantitative estimate of drug-likeness (QED) is 0.831. The van der Waals surface area contributed by atoms with Crippen molar-refractivity contribution in [2.45, 2.75) is 39.2 Å². The number of aromatic nitrogens is 2. The molecule has 0 fully saturated rings. The maximum atomic E-state index is 4.44. The molecule has 1 N–H and O–H groups in total. The molecular formula is C12H22N4. The molecule has 4 heteroatoms. The molecule has 0 spiro atoms. The van der Waals surface area contributed by atoms with Crippen molar-refractivity contribution in [1.29, 1.82) is 0 Å². The van der Waals surface area contributed by atoms with Crippen LogP contribution in [0.15, 0.2) is 12.3 Å². The molecule has 0 radical (unpaired) electrons. The summed E-state index contributed by atoms with van der Waals surface area (Å²) < 4.78 is 0. The van der Waals surface area contributed by atoms with Crippen LogP contribution in [0.4, 0.5) is 11.8 Å². The fourth-order valence-electron chi connectivity index (χ4n) is 1.67. The van der Waals surface area contributed by atoms with Gasteiger partial charge in [-0.05, 0) is 26.3 Å². The molecule has 0 unspecified atom stereocenters. The molecule has 0 bridgehead atoms. The molecule has 0 atom stereocenters. The number of anilines is 2. The Morgan fingerprint density at radius 2 is 2.06 bits per heavy atom. The summed E-state index contributed by atoms with van der Waals surface area (Å²) in [5.74, 6) is 1.62. The van der Waals surface area contributed by atoms with Crippen molar-refractivity contribution >= 4 is 11.8 Å². The summed E-state index contributed by atoms with van der Waals surface area (Å²) >= 11 is 0. The van der Waals surface area contributed by atoms with Crippen molar-refractivity contribution in [2.75, 3.05) is 24.3 Å². The minimum Gasteiger partial charge on any atom is -0.365 e. The van der Waals surface area contributed by atoms with Gasteiger partial charge in [0.15, 0.2) is 0 Å². The minimum atomic E-state index is 0.0761. The van der Waals surface area contributed by atoms with Crippen molar-refractivity contribution in [3.8, 4) is 0 Å². The molecule has 1 heterocycles. The zero-order valence-corrected chi connectivity index (χ0v) is 10.9.